The minimum atomic E-state index is 0.515. The van der Waals surface area contributed by atoms with E-state index in [2.05, 4.69) is 27.7 Å². The van der Waals surface area contributed by atoms with E-state index < -0.39 is 0 Å². The van der Waals surface area contributed by atoms with Crippen molar-refractivity contribution in [3.63, 3.8) is 0 Å². The highest BCUT2D eigenvalue weighted by molar-refractivity contribution is 4.93. The Morgan fingerprint density at radius 3 is 2.93 bits per heavy atom. The molecule has 1 fully saturated rings. The van der Waals surface area contributed by atoms with Crippen LogP contribution in [0.15, 0.2) is 0 Å². The van der Waals surface area contributed by atoms with Crippen molar-refractivity contribution in [3.05, 3.63) is 5.82 Å². The van der Waals surface area contributed by atoms with Crippen molar-refractivity contribution in [2.75, 3.05) is 13.1 Å². The van der Waals surface area contributed by atoms with Crippen LogP contribution >= 0.6 is 0 Å². The molecular weight excluding hydrogens is 190 g/mol. The molecule has 2 rings (SSSR count). The number of aryl methyl sites for hydroxylation is 1. The van der Waals surface area contributed by atoms with Crippen LogP contribution in [0.3, 0.4) is 0 Å². The van der Waals surface area contributed by atoms with Gasteiger partial charge < -0.3 is 5.32 Å². The summed E-state index contributed by atoms with van der Waals surface area (Å²) in [5.41, 5.74) is 0. The van der Waals surface area contributed by atoms with Crippen LogP contribution in [0.25, 0.3) is 0 Å². The molecular formula is C10H19N5. The molecule has 15 heavy (non-hydrogen) atoms. The highest BCUT2D eigenvalue weighted by atomic mass is 15.6. The van der Waals surface area contributed by atoms with Crippen molar-refractivity contribution in [2.24, 2.45) is 0 Å². The zero-order chi connectivity index (χ0) is 10.5. The molecule has 0 bridgehead atoms. The Hall–Kier alpha value is -0.970. The topological polar surface area (TPSA) is 55.6 Å². The first-order valence-electron chi connectivity index (χ1n) is 5.88. The lowest BCUT2D eigenvalue weighted by molar-refractivity contribution is 0.439. The van der Waals surface area contributed by atoms with Gasteiger partial charge in [-0.25, -0.2) is 0 Å². The third-order valence-corrected chi connectivity index (χ3v) is 2.88. The minimum absolute atomic E-state index is 0.515. The smallest absolute Gasteiger partial charge is 0.177 e. The van der Waals surface area contributed by atoms with Crippen LogP contribution in [0.5, 0.6) is 0 Å². The average Bonchev–Trinajstić information content (AvgIpc) is 2.76. The number of tetrazole rings is 1. The minimum Gasteiger partial charge on any atom is -0.317 e. The first-order chi connectivity index (χ1) is 7.40. The van der Waals surface area contributed by atoms with E-state index in [0.717, 1.165) is 44.7 Å². The van der Waals surface area contributed by atoms with Crippen LogP contribution in [0.4, 0.5) is 0 Å². The predicted molar refractivity (Wildman–Crippen MR) is 57.6 cm³/mol. The third-order valence-electron chi connectivity index (χ3n) is 2.88. The van der Waals surface area contributed by atoms with Crippen LogP contribution in [-0.2, 0) is 6.54 Å². The van der Waals surface area contributed by atoms with Gasteiger partial charge in [0.15, 0.2) is 5.82 Å². The van der Waals surface area contributed by atoms with Gasteiger partial charge in [0.1, 0.15) is 0 Å². The number of aromatic nitrogens is 4. The van der Waals surface area contributed by atoms with E-state index in [1.165, 1.54) is 6.42 Å². The van der Waals surface area contributed by atoms with Gasteiger partial charge in [0.25, 0.3) is 0 Å². The molecule has 0 spiro atoms. The lowest BCUT2D eigenvalue weighted by Gasteiger charge is -2.18. The lowest BCUT2D eigenvalue weighted by atomic mass is 9.98. The molecule has 1 aromatic heterocycles. The second-order valence-electron chi connectivity index (χ2n) is 4.12. The van der Waals surface area contributed by atoms with Gasteiger partial charge >= 0.3 is 0 Å². The molecule has 2 heterocycles. The third kappa shape index (κ3) is 2.75. The van der Waals surface area contributed by atoms with Gasteiger partial charge in [-0.2, -0.15) is 4.80 Å². The Morgan fingerprint density at radius 1 is 1.40 bits per heavy atom. The van der Waals surface area contributed by atoms with Crippen LogP contribution < -0.4 is 5.32 Å². The molecule has 0 aliphatic carbocycles. The Bertz CT molecular complexity index is 290. The molecule has 1 aliphatic rings. The fraction of sp³-hybridized carbons (Fsp3) is 0.900. The number of nitrogens with zero attached hydrogens (tertiary/aromatic N) is 4. The van der Waals surface area contributed by atoms with Gasteiger partial charge in [0, 0.05) is 5.92 Å². The number of nitrogens with one attached hydrogen (secondary N) is 1. The summed E-state index contributed by atoms with van der Waals surface area (Å²) >= 11 is 0. The van der Waals surface area contributed by atoms with E-state index in [0.29, 0.717) is 5.92 Å². The van der Waals surface area contributed by atoms with E-state index in [4.69, 9.17) is 0 Å². The van der Waals surface area contributed by atoms with Gasteiger partial charge in [0.2, 0.25) is 0 Å². The summed E-state index contributed by atoms with van der Waals surface area (Å²) in [4.78, 5) is 1.74. The molecule has 0 saturated carbocycles. The maximum atomic E-state index is 4.44. The summed E-state index contributed by atoms with van der Waals surface area (Å²) in [6.45, 7) is 5.22. The highest BCUT2D eigenvalue weighted by Crippen LogP contribution is 2.20. The standard InChI is InChI=1S/C10H19N5/c1-2-3-8-15-13-10(12-14-15)9-4-6-11-7-5-9/h9,11H,2-8H2,1H3. The summed E-state index contributed by atoms with van der Waals surface area (Å²) < 4.78 is 0. The van der Waals surface area contributed by atoms with E-state index in [-0.39, 0.29) is 0 Å². The van der Waals surface area contributed by atoms with Crippen LogP contribution in [0, 0.1) is 0 Å². The first kappa shape index (κ1) is 10.5. The number of hydrogen-bond acceptors (Lipinski definition) is 4. The zero-order valence-corrected chi connectivity index (χ0v) is 9.32. The Labute approximate surface area is 90.2 Å². The van der Waals surface area contributed by atoms with Crippen molar-refractivity contribution in [1.29, 1.82) is 0 Å². The van der Waals surface area contributed by atoms with Crippen molar-refractivity contribution in [1.82, 2.24) is 25.5 Å². The van der Waals surface area contributed by atoms with Crippen molar-refractivity contribution < 1.29 is 0 Å². The van der Waals surface area contributed by atoms with Crippen molar-refractivity contribution in [2.45, 2.75) is 45.1 Å². The van der Waals surface area contributed by atoms with Crippen LogP contribution in [-0.4, -0.2) is 33.3 Å². The average molecular weight is 209 g/mol. The SMILES string of the molecule is CCCCn1nnc(C2CCNCC2)n1. The maximum Gasteiger partial charge on any atom is 0.177 e. The summed E-state index contributed by atoms with van der Waals surface area (Å²) in [7, 11) is 0. The normalized spacial score (nSPS) is 18.2. The number of piperidine rings is 1. The van der Waals surface area contributed by atoms with Gasteiger partial charge in [0.05, 0.1) is 6.54 Å². The maximum absolute atomic E-state index is 4.44. The molecule has 0 amide bonds. The summed E-state index contributed by atoms with van der Waals surface area (Å²) in [5.74, 6) is 1.45. The summed E-state index contributed by atoms with van der Waals surface area (Å²) in [5, 5.41) is 16.0. The fourth-order valence-electron chi connectivity index (χ4n) is 1.89. The molecule has 1 aliphatic heterocycles. The zero-order valence-electron chi connectivity index (χ0n) is 9.32. The van der Waals surface area contributed by atoms with Crippen molar-refractivity contribution >= 4 is 0 Å². The largest absolute Gasteiger partial charge is 0.317 e. The molecule has 0 aromatic carbocycles. The molecule has 84 valence electrons. The fourth-order valence-corrected chi connectivity index (χ4v) is 1.89. The van der Waals surface area contributed by atoms with Crippen LogP contribution in [0.2, 0.25) is 0 Å². The Kier molecular flexibility index (Phi) is 3.66. The van der Waals surface area contributed by atoms with Crippen molar-refractivity contribution in [3.8, 4) is 0 Å². The monoisotopic (exact) mass is 209 g/mol. The predicted octanol–water partition coefficient (Wildman–Crippen LogP) is 0.940. The van der Waals surface area contributed by atoms with E-state index in [1.807, 2.05) is 0 Å². The van der Waals surface area contributed by atoms with Gasteiger partial charge in [-0.3, -0.25) is 0 Å². The Morgan fingerprint density at radius 2 is 2.20 bits per heavy atom. The molecule has 0 radical (unpaired) electrons. The summed E-state index contributed by atoms with van der Waals surface area (Å²) in [6, 6.07) is 0. The van der Waals surface area contributed by atoms with Gasteiger partial charge in [-0.1, -0.05) is 13.3 Å². The van der Waals surface area contributed by atoms with E-state index in [1.54, 1.807) is 4.80 Å². The summed E-state index contributed by atoms with van der Waals surface area (Å²) in [6.07, 6.45) is 4.57. The van der Waals surface area contributed by atoms with Crippen LogP contribution in [0.1, 0.15) is 44.3 Å². The molecule has 1 N–H and O–H groups in total. The Balaban J connectivity index is 1.93. The lowest BCUT2D eigenvalue weighted by Crippen LogP contribution is -2.27. The second-order valence-corrected chi connectivity index (χ2v) is 4.12. The molecule has 5 nitrogen and oxygen atoms in total. The van der Waals surface area contributed by atoms with Gasteiger partial charge in [-0.15, -0.1) is 10.2 Å². The first-order valence-corrected chi connectivity index (χ1v) is 5.88. The van der Waals surface area contributed by atoms with E-state index in [9.17, 15) is 0 Å². The number of unbranched alkanes of at least 4 members (excludes halogenated alkanes) is 1. The molecule has 1 saturated heterocycles. The molecule has 1 aromatic rings. The molecule has 0 atom stereocenters. The van der Waals surface area contributed by atoms with Gasteiger partial charge in [-0.05, 0) is 37.6 Å². The number of hydrogen-bond donors (Lipinski definition) is 1. The second kappa shape index (κ2) is 5.21. The number of rotatable bonds is 4. The molecule has 5 heteroatoms. The highest BCUT2D eigenvalue weighted by Gasteiger charge is 2.19. The van der Waals surface area contributed by atoms with E-state index >= 15 is 0 Å². The quantitative estimate of drug-likeness (QED) is 0.802. The molecule has 0 unspecified atom stereocenters.